The van der Waals surface area contributed by atoms with Crippen molar-refractivity contribution >= 4 is 5.82 Å². The van der Waals surface area contributed by atoms with Crippen molar-refractivity contribution in [3.8, 4) is 5.69 Å². The summed E-state index contributed by atoms with van der Waals surface area (Å²) in [6, 6.07) is 11.0. The largest absolute Gasteiger partial charge is 0.354 e. The van der Waals surface area contributed by atoms with Crippen molar-refractivity contribution in [2.45, 2.75) is 33.9 Å². The van der Waals surface area contributed by atoms with E-state index in [9.17, 15) is 4.39 Å². The molecule has 0 saturated carbocycles. The number of nitrogens with zero attached hydrogens (tertiary/aromatic N) is 6. The van der Waals surface area contributed by atoms with Crippen LogP contribution in [0, 0.1) is 12.7 Å². The van der Waals surface area contributed by atoms with Gasteiger partial charge in [-0.1, -0.05) is 19.9 Å². The first-order valence-electron chi connectivity index (χ1n) is 11.6. The van der Waals surface area contributed by atoms with Crippen LogP contribution in [0.1, 0.15) is 30.8 Å². The first-order chi connectivity index (χ1) is 15.5. The van der Waals surface area contributed by atoms with Gasteiger partial charge >= 0.3 is 0 Å². The van der Waals surface area contributed by atoms with Crippen LogP contribution in [-0.2, 0) is 20.1 Å². The second-order valence-electron chi connectivity index (χ2n) is 8.61. The van der Waals surface area contributed by atoms with Crippen LogP contribution in [0.25, 0.3) is 5.69 Å². The summed E-state index contributed by atoms with van der Waals surface area (Å²) in [5.41, 5.74) is 4.31. The lowest BCUT2D eigenvalue weighted by molar-refractivity contribution is 0.261. The molecule has 0 radical (unpaired) electrons. The predicted molar refractivity (Wildman–Crippen MR) is 128 cm³/mol. The van der Waals surface area contributed by atoms with E-state index < -0.39 is 0 Å². The molecule has 2 aromatic heterocycles. The van der Waals surface area contributed by atoms with Gasteiger partial charge in [0.15, 0.2) is 0 Å². The average Bonchev–Trinajstić information content (AvgIpc) is 3.36. The van der Waals surface area contributed by atoms with E-state index in [-0.39, 0.29) is 5.82 Å². The van der Waals surface area contributed by atoms with Gasteiger partial charge in [-0.2, -0.15) is 5.10 Å². The van der Waals surface area contributed by atoms with Crippen molar-refractivity contribution in [3.63, 3.8) is 0 Å². The first kappa shape index (κ1) is 22.6. The highest BCUT2D eigenvalue weighted by Crippen LogP contribution is 2.30. The van der Waals surface area contributed by atoms with Gasteiger partial charge in [0, 0.05) is 63.8 Å². The lowest BCUT2D eigenvalue weighted by atomic mass is 10.1. The summed E-state index contributed by atoms with van der Waals surface area (Å²) in [5, 5.41) is 4.90. The molecule has 3 heterocycles. The molecule has 6 nitrogen and oxygen atoms in total. The minimum Gasteiger partial charge on any atom is -0.354 e. The number of aromatic nitrogens is 3. The zero-order valence-corrected chi connectivity index (χ0v) is 19.8. The Morgan fingerprint density at radius 3 is 2.44 bits per heavy atom. The first-order valence-corrected chi connectivity index (χ1v) is 11.6. The zero-order chi connectivity index (χ0) is 22.7. The minimum absolute atomic E-state index is 0.238. The van der Waals surface area contributed by atoms with Gasteiger partial charge in [0.1, 0.15) is 11.6 Å². The van der Waals surface area contributed by atoms with E-state index in [4.69, 9.17) is 5.10 Å². The monoisotopic (exact) mass is 438 g/mol. The Balaban J connectivity index is 1.70. The van der Waals surface area contributed by atoms with Crippen LogP contribution < -0.4 is 4.90 Å². The molecule has 0 bridgehead atoms. The summed E-state index contributed by atoms with van der Waals surface area (Å²) in [6.07, 6.45) is 2.09. The smallest absolute Gasteiger partial charge is 0.137 e. The van der Waals surface area contributed by atoms with Crippen LogP contribution in [0.5, 0.6) is 0 Å². The van der Waals surface area contributed by atoms with Crippen LogP contribution >= 0.6 is 0 Å². The highest BCUT2D eigenvalue weighted by molar-refractivity contribution is 5.56. The fraction of sp³-hybridized carbons (Fsp3) is 0.480. The van der Waals surface area contributed by atoms with Crippen molar-refractivity contribution in [3.05, 3.63) is 65.4 Å². The Morgan fingerprint density at radius 1 is 1.03 bits per heavy atom. The molecule has 32 heavy (non-hydrogen) atoms. The molecule has 3 aromatic rings. The van der Waals surface area contributed by atoms with E-state index in [1.807, 2.05) is 10.7 Å². The molecular formula is C25H35FN6. The molecule has 1 saturated heterocycles. The van der Waals surface area contributed by atoms with Crippen LogP contribution in [0.15, 0.2) is 42.6 Å². The van der Waals surface area contributed by atoms with E-state index >= 15 is 0 Å². The third-order valence-electron chi connectivity index (χ3n) is 6.59. The number of halogens is 1. The molecule has 172 valence electrons. The quantitative estimate of drug-likeness (QED) is 0.535. The summed E-state index contributed by atoms with van der Waals surface area (Å²) < 4.78 is 18.2. The molecule has 0 N–H and O–H groups in total. The lowest BCUT2D eigenvalue weighted by Gasteiger charge is -2.36. The van der Waals surface area contributed by atoms with Crippen LogP contribution in [0.3, 0.4) is 0 Å². The maximum absolute atomic E-state index is 14.1. The van der Waals surface area contributed by atoms with Gasteiger partial charge in [-0.3, -0.25) is 4.90 Å². The van der Waals surface area contributed by atoms with Crippen LogP contribution in [0.4, 0.5) is 10.2 Å². The summed E-state index contributed by atoms with van der Waals surface area (Å²) in [6.45, 7) is 14.2. The molecule has 7 heteroatoms. The number of rotatable bonds is 8. The molecule has 0 aliphatic carbocycles. The van der Waals surface area contributed by atoms with Crippen molar-refractivity contribution < 1.29 is 4.39 Å². The fourth-order valence-electron chi connectivity index (χ4n) is 4.51. The normalized spacial score (nSPS) is 15.1. The Bertz CT molecular complexity index is 1030. The van der Waals surface area contributed by atoms with Crippen molar-refractivity contribution in [2.24, 2.45) is 7.05 Å². The summed E-state index contributed by atoms with van der Waals surface area (Å²) in [4.78, 5) is 7.35. The predicted octanol–water partition coefficient (Wildman–Crippen LogP) is 3.82. The molecule has 4 rings (SSSR count). The number of hydrogen-bond donors (Lipinski definition) is 0. The van der Waals surface area contributed by atoms with Crippen molar-refractivity contribution in [2.75, 3.05) is 44.2 Å². The van der Waals surface area contributed by atoms with Crippen LogP contribution in [-0.4, -0.2) is 63.4 Å². The van der Waals surface area contributed by atoms with E-state index in [2.05, 4.69) is 65.4 Å². The maximum atomic E-state index is 14.1. The Kier molecular flexibility index (Phi) is 6.96. The maximum Gasteiger partial charge on any atom is 0.137 e. The van der Waals surface area contributed by atoms with Crippen molar-refractivity contribution in [1.82, 2.24) is 24.1 Å². The van der Waals surface area contributed by atoms with Gasteiger partial charge in [-0.05, 0) is 50.3 Å². The van der Waals surface area contributed by atoms with Gasteiger partial charge in [-0.25, -0.2) is 9.07 Å². The number of aryl methyl sites for hydroxylation is 2. The van der Waals surface area contributed by atoms with Gasteiger partial charge < -0.3 is 14.4 Å². The second kappa shape index (κ2) is 9.88. The van der Waals surface area contributed by atoms with Gasteiger partial charge in [0.25, 0.3) is 0 Å². The van der Waals surface area contributed by atoms with E-state index in [1.165, 1.54) is 17.3 Å². The summed E-state index contributed by atoms with van der Waals surface area (Å²) in [7, 11) is 2.09. The number of likely N-dealkylation sites (N-methyl/N-ethyl adjacent to an activating group) is 1. The third-order valence-corrected chi connectivity index (χ3v) is 6.59. The Labute approximate surface area is 190 Å². The molecule has 0 unspecified atom stereocenters. The number of benzene rings is 1. The Hall–Kier alpha value is -2.64. The molecule has 0 amide bonds. The number of anilines is 1. The van der Waals surface area contributed by atoms with Gasteiger partial charge in [-0.15, -0.1) is 0 Å². The van der Waals surface area contributed by atoms with Gasteiger partial charge in [0.05, 0.1) is 11.4 Å². The molecule has 1 aliphatic heterocycles. The third kappa shape index (κ3) is 4.74. The van der Waals surface area contributed by atoms with Crippen molar-refractivity contribution in [1.29, 1.82) is 0 Å². The van der Waals surface area contributed by atoms with E-state index in [0.717, 1.165) is 69.6 Å². The van der Waals surface area contributed by atoms with Crippen LogP contribution in [0.2, 0.25) is 0 Å². The molecule has 1 fully saturated rings. The Morgan fingerprint density at radius 2 is 1.81 bits per heavy atom. The summed E-state index contributed by atoms with van der Waals surface area (Å²) in [5.74, 6) is 0.868. The summed E-state index contributed by atoms with van der Waals surface area (Å²) >= 11 is 0. The highest BCUT2D eigenvalue weighted by Gasteiger charge is 2.26. The zero-order valence-electron chi connectivity index (χ0n) is 19.8. The molecule has 0 atom stereocenters. The fourth-order valence-corrected chi connectivity index (χ4v) is 4.51. The minimum atomic E-state index is -0.238. The van der Waals surface area contributed by atoms with E-state index in [0.29, 0.717) is 0 Å². The molecule has 0 spiro atoms. The number of piperazine rings is 1. The molecular weight excluding hydrogens is 403 g/mol. The SMILES string of the molecule is CCN1CCN(c2c(CN(CC)Cc3cccn3C)c(C)nn2-c2cccc(F)c2)CC1. The standard InChI is InChI=1S/C25H35FN6/c1-5-29-13-15-31(16-14-29)25-24(19-30(6-2)18-23-11-8-12-28(23)4)20(3)27-32(25)22-10-7-9-21(26)17-22/h7-12,17H,5-6,13-16,18-19H2,1-4H3. The van der Waals surface area contributed by atoms with Gasteiger partial charge in [0.2, 0.25) is 0 Å². The molecule has 1 aromatic carbocycles. The van der Waals surface area contributed by atoms with E-state index in [1.54, 1.807) is 12.1 Å². The number of hydrogen-bond acceptors (Lipinski definition) is 4. The molecule has 1 aliphatic rings. The topological polar surface area (TPSA) is 32.5 Å². The highest BCUT2D eigenvalue weighted by atomic mass is 19.1. The second-order valence-corrected chi connectivity index (χ2v) is 8.61. The average molecular weight is 439 g/mol. The lowest BCUT2D eigenvalue weighted by Crippen LogP contribution is -2.47.